The highest BCUT2D eigenvalue weighted by molar-refractivity contribution is 7.09. The van der Waals surface area contributed by atoms with Crippen LogP contribution in [0.25, 0.3) is 0 Å². The number of carbonyl (C=O) groups is 1. The van der Waals surface area contributed by atoms with E-state index in [-0.39, 0.29) is 5.91 Å². The molecule has 0 aromatic carbocycles. The van der Waals surface area contributed by atoms with E-state index in [2.05, 4.69) is 15.6 Å². The lowest BCUT2D eigenvalue weighted by atomic mass is 9.95. The van der Waals surface area contributed by atoms with E-state index >= 15 is 0 Å². The fourth-order valence-electron chi connectivity index (χ4n) is 2.32. The van der Waals surface area contributed by atoms with E-state index in [4.69, 9.17) is 0 Å². The molecule has 0 unspecified atom stereocenters. The Morgan fingerprint density at radius 3 is 2.89 bits per heavy atom. The Morgan fingerprint density at radius 1 is 1.44 bits per heavy atom. The largest absolute Gasteiger partial charge is 0.352 e. The molecule has 4 nitrogen and oxygen atoms in total. The summed E-state index contributed by atoms with van der Waals surface area (Å²) in [7, 11) is 0. The van der Waals surface area contributed by atoms with E-state index in [9.17, 15) is 4.79 Å². The van der Waals surface area contributed by atoms with E-state index in [1.807, 2.05) is 12.3 Å². The first kappa shape index (κ1) is 13.5. The minimum Gasteiger partial charge on any atom is -0.352 e. The number of amides is 1. The molecule has 1 aromatic rings. The Labute approximate surface area is 112 Å². The summed E-state index contributed by atoms with van der Waals surface area (Å²) in [6, 6.07) is 0.398. The van der Waals surface area contributed by atoms with E-state index in [0.717, 1.165) is 23.5 Å². The van der Waals surface area contributed by atoms with Crippen molar-refractivity contribution in [3.63, 3.8) is 0 Å². The van der Waals surface area contributed by atoms with Gasteiger partial charge in [0.2, 0.25) is 5.91 Å². The molecule has 1 amide bonds. The SMILES string of the molecule is Cc1nc(CNCC(=O)NC2CCCCC2)cs1. The minimum absolute atomic E-state index is 0.105. The van der Waals surface area contributed by atoms with Crippen LogP contribution in [0.1, 0.15) is 42.8 Å². The molecule has 1 heterocycles. The van der Waals surface area contributed by atoms with Gasteiger partial charge in [-0.25, -0.2) is 4.98 Å². The standard InChI is InChI=1S/C13H21N3OS/c1-10-15-12(9-18-10)7-14-8-13(17)16-11-5-3-2-4-6-11/h9,11,14H,2-8H2,1H3,(H,16,17). The Hall–Kier alpha value is -0.940. The summed E-state index contributed by atoms with van der Waals surface area (Å²) >= 11 is 1.64. The van der Waals surface area contributed by atoms with Gasteiger partial charge in [0.05, 0.1) is 17.2 Å². The van der Waals surface area contributed by atoms with Gasteiger partial charge >= 0.3 is 0 Å². The van der Waals surface area contributed by atoms with Crippen molar-refractivity contribution >= 4 is 17.2 Å². The number of hydrogen-bond acceptors (Lipinski definition) is 4. The van der Waals surface area contributed by atoms with Crippen molar-refractivity contribution in [2.75, 3.05) is 6.54 Å². The highest BCUT2D eigenvalue weighted by Gasteiger charge is 2.15. The summed E-state index contributed by atoms with van der Waals surface area (Å²) in [5.41, 5.74) is 1.02. The number of aryl methyl sites for hydroxylation is 1. The zero-order valence-corrected chi connectivity index (χ0v) is 11.7. The van der Waals surface area contributed by atoms with Crippen LogP contribution >= 0.6 is 11.3 Å². The lowest BCUT2D eigenvalue weighted by Gasteiger charge is -2.22. The van der Waals surface area contributed by atoms with Crippen LogP contribution in [0.2, 0.25) is 0 Å². The van der Waals surface area contributed by atoms with Crippen LogP contribution in [-0.4, -0.2) is 23.5 Å². The molecule has 0 spiro atoms. The average Bonchev–Trinajstić information content (AvgIpc) is 2.76. The van der Waals surface area contributed by atoms with Crippen molar-refractivity contribution in [1.29, 1.82) is 0 Å². The molecule has 1 aromatic heterocycles. The maximum absolute atomic E-state index is 11.7. The second kappa shape index (κ2) is 6.85. The number of rotatable bonds is 5. The van der Waals surface area contributed by atoms with E-state index < -0.39 is 0 Å². The number of aromatic nitrogens is 1. The average molecular weight is 267 g/mol. The number of nitrogens with zero attached hydrogens (tertiary/aromatic N) is 1. The van der Waals surface area contributed by atoms with Gasteiger partial charge in [-0.1, -0.05) is 19.3 Å². The molecule has 18 heavy (non-hydrogen) atoms. The summed E-state index contributed by atoms with van der Waals surface area (Å²) in [6.45, 7) is 3.04. The molecule has 1 aliphatic carbocycles. The molecule has 0 atom stereocenters. The van der Waals surface area contributed by atoms with E-state index in [1.54, 1.807) is 11.3 Å². The predicted molar refractivity (Wildman–Crippen MR) is 73.6 cm³/mol. The quantitative estimate of drug-likeness (QED) is 0.858. The second-order valence-corrected chi connectivity index (χ2v) is 5.93. The maximum Gasteiger partial charge on any atom is 0.234 e. The number of hydrogen-bond donors (Lipinski definition) is 2. The van der Waals surface area contributed by atoms with Crippen LogP contribution in [0, 0.1) is 6.92 Å². The van der Waals surface area contributed by atoms with E-state index in [0.29, 0.717) is 19.1 Å². The van der Waals surface area contributed by atoms with Gasteiger partial charge in [0.1, 0.15) is 0 Å². The Morgan fingerprint density at radius 2 is 2.22 bits per heavy atom. The zero-order valence-electron chi connectivity index (χ0n) is 10.9. The molecule has 0 saturated heterocycles. The molecule has 5 heteroatoms. The zero-order chi connectivity index (χ0) is 12.8. The molecule has 1 aliphatic rings. The maximum atomic E-state index is 11.7. The number of thiazole rings is 1. The Balaban J connectivity index is 1.62. The van der Waals surface area contributed by atoms with Gasteiger partial charge in [-0.2, -0.15) is 0 Å². The topological polar surface area (TPSA) is 54.0 Å². The normalized spacial score (nSPS) is 16.7. The summed E-state index contributed by atoms with van der Waals surface area (Å²) in [5, 5.41) is 9.32. The lowest BCUT2D eigenvalue weighted by Crippen LogP contribution is -2.41. The van der Waals surface area contributed by atoms with Crippen molar-refractivity contribution in [1.82, 2.24) is 15.6 Å². The van der Waals surface area contributed by atoms with Gasteiger partial charge in [0, 0.05) is 18.0 Å². The molecule has 1 fully saturated rings. The van der Waals surface area contributed by atoms with Gasteiger partial charge in [0.15, 0.2) is 0 Å². The molecule has 2 N–H and O–H groups in total. The van der Waals surface area contributed by atoms with Gasteiger partial charge < -0.3 is 10.6 Å². The molecule has 0 bridgehead atoms. The highest BCUT2D eigenvalue weighted by atomic mass is 32.1. The molecule has 0 radical (unpaired) electrons. The fourth-order valence-corrected chi connectivity index (χ4v) is 2.93. The predicted octanol–water partition coefficient (Wildman–Crippen LogP) is 1.99. The Bertz CT molecular complexity index is 385. The van der Waals surface area contributed by atoms with Crippen molar-refractivity contribution in [2.45, 2.75) is 51.6 Å². The highest BCUT2D eigenvalue weighted by Crippen LogP contribution is 2.17. The van der Waals surface area contributed by atoms with Crippen molar-refractivity contribution in [2.24, 2.45) is 0 Å². The van der Waals surface area contributed by atoms with Crippen LogP contribution in [0.3, 0.4) is 0 Å². The first-order valence-corrected chi connectivity index (χ1v) is 7.53. The van der Waals surface area contributed by atoms with E-state index in [1.165, 1.54) is 19.3 Å². The third kappa shape index (κ3) is 4.38. The van der Waals surface area contributed by atoms with Crippen LogP contribution in [0.15, 0.2) is 5.38 Å². The monoisotopic (exact) mass is 267 g/mol. The third-order valence-corrected chi connectivity index (χ3v) is 4.05. The molecule has 0 aliphatic heterocycles. The summed E-state index contributed by atoms with van der Waals surface area (Å²) in [4.78, 5) is 16.1. The van der Waals surface area contributed by atoms with Crippen LogP contribution in [-0.2, 0) is 11.3 Å². The Kier molecular flexibility index (Phi) is 5.13. The molecular formula is C13H21N3OS. The van der Waals surface area contributed by atoms with Gasteiger partial charge in [0.25, 0.3) is 0 Å². The van der Waals surface area contributed by atoms with Crippen molar-refractivity contribution in [3.05, 3.63) is 16.1 Å². The first-order chi connectivity index (χ1) is 8.74. The summed E-state index contributed by atoms with van der Waals surface area (Å²) < 4.78 is 0. The fraction of sp³-hybridized carbons (Fsp3) is 0.692. The summed E-state index contributed by atoms with van der Waals surface area (Å²) in [5.74, 6) is 0.105. The third-order valence-electron chi connectivity index (χ3n) is 3.23. The van der Waals surface area contributed by atoms with Gasteiger partial charge in [-0.3, -0.25) is 4.79 Å². The van der Waals surface area contributed by atoms with Crippen molar-refractivity contribution in [3.8, 4) is 0 Å². The summed E-state index contributed by atoms with van der Waals surface area (Å²) in [6.07, 6.45) is 6.08. The number of carbonyl (C=O) groups excluding carboxylic acids is 1. The van der Waals surface area contributed by atoms with Gasteiger partial charge in [-0.05, 0) is 19.8 Å². The molecule has 100 valence electrons. The number of nitrogens with one attached hydrogen (secondary N) is 2. The van der Waals surface area contributed by atoms with Gasteiger partial charge in [-0.15, -0.1) is 11.3 Å². The van der Waals surface area contributed by atoms with Crippen LogP contribution < -0.4 is 10.6 Å². The van der Waals surface area contributed by atoms with Crippen LogP contribution in [0.4, 0.5) is 0 Å². The smallest absolute Gasteiger partial charge is 0.234 e. The molecule has 2 rings (SSSR count). The minimum atomic E-state index is 0.105. The second-order valence-electron chi connectivity index (χ2n) is 4.86. The van der Waals surface area contributed by atoms with Crippen LogP contribution in [0.5, 0.6) is 0 Å². The first-order valence-electron chi connectivity index (χ1n) is 6.65. The van der Waals surface area contributed by atoms with Crippen molar-refractivity contribution < 1.29 is 4.79 Å². The molecular weight excluding hydrogens is 246 g/mol. The molecule has 1 saturated carbocycles. The lowest BCUT2D eigenvalue weighted by molar-refractivity contribution is -0.121.